The van der Waals surface area contributed by atoms with Gasteiger partial charge in [-0.05, 0) is 25.0 Å². The van der Waals surface area contributed by atoms with Crippen LogP contribution in [0, 0.1) is 0 Å². The number of nitrogens with zero attached hydrogens (tertiary/aromatic N) is 2. The van der Waals surface area contributed by atoms with Gasteiger partial charge in [0.2, 0.25) is 0 Å². The fourth-order valence-electron chi connectivity index (χ4n) is 2.63. The molecular formula is C16H19N3O. The maximum atomic E-state index is 12.3. The van der Waals surface area contributed by atoms with Crippen LogP contribution in [0.1, 0.15) is 23.2 Å². The zero-order chi connectivity index (χ0) is 13.9. The first-order chi connectivity index (χ1) is 9.72. The minimum atomic E-state index is 0.138. The van der Waals surface area contributed by atoms with Crippen molar-refractivity contribution in [1.29, 1.82) is 0 Å². The number of likely N-dealkylation sites (tertiary alicyclic amines) is 1. The Morgan fingerprint density at radius 1 is 1.30 bits per heavy atom. The van der Waals surface area contributed by atoms with Gasteiger partial charge in [0.05, 0.1) is 12.1 Å². The summed E-state index contributed by atoms with van der Waals surface area (Å²) in [5.41, 5.74) is 7.50. The number of pyridine rings is 1. The largest absolute Gasteiger partial charge is 0.328 e. The van der Waals surface area contributed by atoms with Gasteiger partial charge in [-0.2, -0.15) is 0 Å². The zero-order valence-corrected chi connectivity index (χ0v) is 11.5. The Bertz CT molecular complexity index is 618. The van der Waals surface area contributed by atoms with Gasteiger partial charge >= 0.3 is 0 Å². The van der Waals surface area contributed by atoms with Gasteiger partial charge in [0.1, 0.15) is 0 Å². The summed E-state index contributed by atoms with van der Waals surface area (Å²) in [5, 5.41) is 1.01. The minimum absolute atomic E-state index is 0.138. The SMILES string of the molecule is NC1CCN(CC(=O)c2cnc3ccccc3c2)CC1. The van der Waals surface area contributed by atoms with Crippen molar-refractivity contribution in [2.45, 2.75) is 18.9 Å². The number of hydrogen-bond donors (Lipinski definition) is 1. The van der Waals surface area contributed by atoms with Crippen LogP contribution in [0.2, 0.25) is 0 Å². The quantitative estimate of drug-likeness (QED) is 0.864. The summed E-state index contributed by atoms with van der Waals surface area (Å²) < 4.78 is 0. The van der Waals surface area contributed by atoms with Gasteiger partial charge in [0, 0.05) is 36.3 Å². The molecule has 4 nitrogen and oxygen atoms in total. The second-order valence-electron chi connectivity index (χ2n) is 5.45. The Morgan fingerprint density at radius 2 is 2.05 bits per heavy atom. The molecule has 0 spiro atoms. The van der Waals surface area contributed by atoms with E-state index in [0.717, 1.165) is 36.8 Å². The zero-order valence-electron chi connectivity index (χ0n) is 11.5. The number of rotatable bonds is 3. The van der Waals surface area contributed by atoms with Gasteiger partial charge in [0.25, 0.3) is 0 Å². The van der Waals surface area contributed by atoms with Crippen molar-refractivity contribution >= 4 is 16.7 Å². The van der Waals surface area contributed by atoms with E-state index >= 15 is 0 Å². The highest BCUT2D eigenvalue weighted by Gasteiger charge is 2.19. The molecule has 1 aliphatic heterocycles. The summed E-state index contributed by atoms with van der Waals surface area (Å²) in [6, 6.07) is 10.1. The van der Waals surface area contributed by atoms with Crippen molar-refractivity contribution in [1.82, 2.24) is 9.88 Å². The van der Waals surface area contributed by atoms with Crippen LogP contribution in [0.15, 0.2) is 36.5 Å². The van der Waals surface area contributed by atoms with E-state index in [2.05, 4.69) is 9.88 Å². The molecular weight excluding hydrogens is 250 g/mol. The van der Waals surface area contributed by atoms with Gasteiger partial charge in [-0.3, -0.25) is 14.7 Å². The van der Waals surface area contributed by atoms with Crippen molar-refractivity contribution < 1.29 is 4.79 Å². The van der Waals surface area contributed by atoms with Crippen molar-refractivity contribution in [3.8, 4) is 0 Å². The fourth-order valence-corrected chi connectivity index (χ4v) is 2.63. The summed E-state index contributed by atoms with van der Waals surface area (Å²) in [6.45, 7) is 2.29. The van der Waals surface area contributed by atoms with Crippen LogP contribution < -0.4 is 5.73 Å². The number of hydrogen-bond acceptors (Lipinski definition) is 4. The van der Waals surface area contributed by atoms with E-state index in [9.17, 15) is 4.79 Å². The predicted octanol–water partition coefficient (Wildman–Crippen LogP) is 1.84. The Balaban J connectivity index is 1.72. The summed E-state index contributed by atoms with van der Waals surface area (Å²) in [6.07, 6.45) is 3.63. The van der Waals surface area contributed by atoms with Crippen LogP contribution in [-0.4, -0.2) is 41.3 Å². The molecule has 1 saturated heterocycles. The highest BCUT2D eigenvalue weighted by atomic mass is 16.1. The van der Waals surface area contributed by atoms with E-state index in [0.29, 0.717) is 18.2 Å². The molecule has 0 bridgehead atoms. The minimum Gasteiger partial charge on any atom is -0.328 e. The average molecular weight is 269 g/mol. The molecule has 1 aliphatic rings. The molecule has 0 unspecified atom stereocenters. The average Bonchev–Trinajstić information content (AvgIpc) is 2.49. The number of Topliss-reactive ketones (excluding diaryl/α,β-unsaturated/α-hetero) is 1. The molecule has 2 N–H and O–H groups in total. The molecule has 0 aliphatic carbocycles. The number of carbonyl (C=O) groups is 1. The molecule has 3 rings (SSSR count). The molecule has 0 atom stereocenters. The Hall–Kier alpha value is -1.78. The molecule has 0 saturated carbocycles. The maximum Gasteiger partial charge on any atom is 0.178 e. The first-order valence-electron chi connectivity index (χ1n) is 7.08. The smallest absolute Gasteiger partial charge is 0.178 e. The number of ketones is 1. The van der Waals surface area contributed by atoms with E-state index in [1.807, 2.05) is 30.3 Å². The molecule has 0 radical (unpaired) electrons. The molecule has 0 amide bonds. The lowest BCUT2D eigenvalue weighted by Crippen LogP contribution is -2.41. The van der Waals surface area contributed by atoms with Crippen LogP contribution in [0.4, 0.5) is 0 Å². The maximum absolute atomic E-state index is 12.3. The number of carbonyl (C=O) groups excluding carboxylic acids is 1. The summed E-state index contributed by atoms with van der Waals surface area (Å²) in [5.74, 6) is 0.138. The second-order valence-corrected chi connectivity index (χ2v) is 5.45. The summed E-state index contributed by atoms with van der Waals surface area (Å²) in [7, 11) is 0. The Morgan fingerprint density at radius 3 is 2.85 bits per heavy atom. The lowest BCUT2D eigenvalue weighted by Gasteiger charge is -2.29. The van der Waals surface area contributed by atoms with Crippen molar-refractivity contribution in [2.75, 3.05) is 19.6 Å². The third-order valence-corrected chi connectivity index (χ3v) is 3.91. The summed E-state index contributed by atoms with van der Waals surface area (Å²) in [4.78, 5) is 18.9. The number of benzene rings is 1. The van der Waals surface area contributed by atoms with Crippen LogP contribution in [0.3, 0.4) is 0 Å². The van der Waals surface area contributed by atoms with E-state index in [4.69, 9.17) is 5.73 Å². The predicted molar refractivity (Wildman–Crippen MR) is 79.7 cm³/mol. The standard InChI is InChI=1S/C16H19N3O/c17-14-5-7-19(8-6-14)11-16(20)13-9-12-3-1-2-4-15(12)18-10-13/h1-4,9-10,14H,5-8,11,17H2. The first-order valence-corrected chi connectivity index (χ1v) is 7.08. The van der Waals surface area contributed by atoms with Crippen LogP contribution in [0.25, 0.3) is 10.9 Å². The molecule has 2 aromatic rings. The molecule has 20 heavy (non-hydrogen) atoms. The topological polar surface area (TPSA) is 59.2 Å². The molecule has 1 aromatic carbocycles. The van der Waals surface area contributed by atoms with E-state index in [1.54, 1.807) is 6.20 Å². The molecule has 2 heterocycles. The lowest BCUT2D eigenvalue weighted by molar-refractivity contribution is 0.0909. The number of fused-ring (bicyclic) bond motifs is 1. The second kappa shape index (κ2) is 5.69. The van der Waals surface area contributed by atoms with Crippen molar-refractivity contribution in [2.24, 2.45) is 5.73 Å². The molecule has 4 heteroatoms. The lowest BCUT2D eigenvalue weighted by atomic mass is 10.0. The van der Waals surface area contributed by atoms with Crippen LogP contribution >= 0.6 is 0 Å². The molecule has 104 valence electrons. The van der Waals surface area contributed by atoms with Gasteiger partial charge in [-0.25, -0.2) is 0 Å². The number of piperidine rings is 1. The molecule has 1 fully saturated rings. The van der Waals surface area contributed by atoms with Gasteiger partial charge in [-0.15, -0.1) is 0 Å². The van der Waals surface area contributed by atoms with Gasteiger partial charge in [0.15, 0.2) is 5.78 Å². The fraction of sp³-hybridized carbons (Fsp3) is 0.375. The highest BCUT2D eigenvalue weighted by Crippen LogP contribution is 2.14. The van der Waals surface area contributed by atoms with Crippen molar-refractivity contribution in [3.05, 3.63) is 42.1 Å². The van der Waals surface area contributed by atoms with E-state index in [-0.39, 0.29) is 5.78 Å². The van der Waals surface area contributed by atoms with Gasteiger partial charge < -0.3 is 5.73 Å². The highest BCUT2D eigenvalue weighted by molar-refractivity contribution is 6.00. The number of nitrogens with two attached hydrogens (primary N) is 1. The number of aromatic nitrogens is 1. The third kappa shape index (κ3) is 2.86. The number of para-hydroxylation sites is 1. The van der Waals surface area contributed by atoms with E-state index < -0.39 is 0 Å². The van der Waals surface area contributed by atoms with Gasteiger partial charge in [-0.1, -0.05) is 18.2 Å². The van der Waals surface area contributed by atoms with Crippen LogP contribution in [0.5, 0.6) is 0 Å². The summed E-state index contributed by atoms with van der Waals surface area (Å²) >= 11 is 0. The Labute approximate surface area is 118 Å². The monoisotopic (exact) mass is 269 g/mol. The normalized spacial score (nSPS) is 17.4. The molecule has 1 aromatic heterocycles. The van der Waals surface area contributed by atoms with Crippen molar-refractivity contribution in [3.63, 3.8) is 0 Å². The van der Waals surface area contributed by atoms with E-state index in [1.165, 1.54) is 0 Å². The third-order valence-electron chi connectivity index (χ3n) is 3.91. The Kier molecular flexibility index (Phi) is 3.76. The first kappa shape index (κ1) is 13.2. The van der Waals surface area contributed by atoms with Crippen LogP contribution in [-0.2, 0) is 0 Å².